The van der Waals surface area contributed by atoms with Crippen LogP contribution in [-0.2, 0) is 10.8 Å². The van der Waals surface area contributed by atoms with E-state index in [1.54, 1.807) is 0 Å². The van der Waals surface area contributed by atoms with Crippen LogP contribution >= 0.6 is 11.3 Å². The molecule has 16 rings (SSSR count). The molecule has 0 radical (unpaired) electrons. The summed E-state index contributed by atoms with van der Waals surface area (Å²) in [6.07, 6.45) is 0. The zero-order chi connectivity index (χ0) is 52.4. The Morgan fingerprint density at radius 1 is 0.304 bits per heavy atom. The molecule has 3 aliphatic carbocycles. The first-order chi connectivity index (χ1) is 38.9. The van der Waals surface area contributed by atoms with Crippen molar-refractivity contribution in [1.82, 2.24) is 0 Å². The van der Waals surface area contributed by atoms with Gasteiger partial charge in [0.05, 0.1) is 15.8 Å². The predicted molar refractivity (Wildman–Crippen MR) is 333 cm³/mol. The number of para-hydroxylation sites is 1. The summed E-state index contributed by atoms with van der Waals surface area (Å²) in [6, 6.07) is 104. The minimum atomic E-state index is -0.663. The molecule has 0 aliphatic heterocycles. The highest BCUT2D eigenvalue weighted by Crippen LogP contribution is 2.67. The van der Waals surface area contributed by atoms with Crippen molar-refractivity contribution in [3.63, 3.8) is 0 Å². The van der Waals surface area contributed by atoms with Crippen molar-refractivity contribution < 1.29 is 0 Å². The third-order valence-electron chi connectivity index (χ3n) is 17.5. The number of hydrogen-bond donors (Lipinski definition) is 0. The number of rotatable bonds is 8. The Bertz CT molecular complexity index is 4510. The van der Waals surface area contributed by atoms with Gasteiger partial charge < -0.3 is 9.80 Å². The van der Waals surface area contributed by atoms with E-state index in [2.05, 4.69) is 303 Å². The molecule has 3 heteroatoms. The fraction of sp³-hybridized carbons (Fsp3) is 0.0526. The first kappa shape index (κ1) is 45.6. The third-order valence-corrected chi connectivity index (χ3v) is 18.7. The second-order valence-corrected chi connectivity index (χ2v) is 23.0. The van der Waals surface area contributed by atoms with E-state index in [0.717, 1.165) is 28.4 Å². The van der Waals surface area contributed by atoms with E-state index < -0.39 is 5.41 Å². The molecule has 0 fully saturated rings. The van der Waals surface area contributed by atoms with Crippen molar-refractivity contribution in [2.75, 3.05) is 9.80 Å². The van der Waals surface area contributed by atoms with Crippen LogP contribution in [0.25, 0.3) is 75.8 Å². The number of nitrogens with zero attached hydrogens (tertiary/aromatic N) is 2. The van der Waals surface area contributed by atoms with Crippen molar-refractivity contribution in [3.05, 3.63) is 312 Å². The molecule has 0 unspecified atom stereocenters. The number of anilines is 6. The lowest BCUT2D eigenvalue weighted by atomic mass is 9.70. The highest BCUT2D eigenvalue weighted by atomic mass is 32.1. The van der Waals surface area contributed by atoms with Gasteiger partial charge in [0, 0.05) is 49.3 Å². The highest BCUT2D eigenvalue weighted by Gasteiger charge is 2.53. The van der Waals surface area contributed by atoms with Crippen LogP contribution in [0.5, 0.6) is 0 Å². The van der Waals surface area contributed by atoms with E-state index in [1.165, 1.54) is 115 Å². The average molecular weight is 1030 g/mol. The van der Waals surface area contributed by atoms with Crippen molar-refractivity contribution in [2.24, 2.45) is 0 Å². The molecular weight excluding hydrogens is 973 g/mol. The lowest BCUT2D eigenvalue weighted by Gasteiger charge is -2.33. The van der Waals surface area contributed by atoms with Gasteiger partial charge in [-0.25, -0.2) is 0 Å². The van der Waals surface area contributed by atoms with Crippen LogP contribution in [0.1, 0.15) is 47.2 Å². The molecule has 372 valence electrons. The Balaban J connectivity index is 0.977. The second kappa shape index (κ2) is 17.5. The van der Waals surface area contributed by atoms with Gasteiger partial charge in [0.15, 0.2) is 0 Å². The molecule has 79 heavy (non-hydrogen) atoms. The molecule has 1 spiro atoms. The van der Waals surface area contributed by atoms with Gasteiger partial charge >= 0.3 is 0 Å². The van der Waals surface area contributed by atoms with Gasteiger partial charge in [0.25, 0.3) is 0 Å². The summed E-state index contributed by atoms with van der Waals surface area (Å²) in [5, 5.41) is 2.58. The van der Waals surface area contributed by atoms with Crippen LogP contribution in [0.15, 0.2) is 279 Å². The minimum absolute atomic E-state index is 0.171. The average Bonchev–Trinajstić information content (AvgIpc) is 2.21. The van der Waals surface area contributed by atoms with E-state index in [9.17, 15) is 0 Å². The van der Waals surface area contributed by atoms with Gasteiger partial charge in [0.1, 0.15) is 0 Å². The SMILES string of the molecule is CC1(C)c2ccccc2-c2ccc(N(c3ccc(-c4ccccc4)cc3)c3ccc4c(c3)C3(c5ccccc5-c5ccccc53)c3cc(N(c5ccccc5)c5ccc(-c6ccccc6)cc5)c5sc6ccccc6c5c3-4)cc21. The topological polar surface area (TPSA) is 6.48 Å². The second-order valence-electron chi connectivity index (χ2n) is 21.9. The zero-order valence-electron chi connectivity index (χ0n) is 43.9. The number of thiophene rings is 1. The molecule has 0 saturated heterocycles. The van der Waals surface area contributed by atoms with Crippen LogP contribution in [-0.4, -0.2) is 0 Å². The smallest absolute Gasteiger partial charge is 0.0727 e. The monoisotopic (exact) mass is 1020 g/mol. The third kappa shape index (κ3) is 6.70. The molecule has 0 atom stereocenters. The lowest BCUT2D eigenvalue weighted by Crippen LogP contribution is -2.26. The van der Waals surface area contributed by atoms with E-state index in [4.69, 9.17) is 0 Å². The minimum Gasteiger partial charge on any atom is -0.310 e. The summed E-state index contributed by atoms with van der Waals surface area (Å²) in [5.74, 6) is 0. The summed E-state index contributed by atoms with van der Waals surface area (Å²) in [7, 11) is 0. The first-order valence-corrected chi connectivity index (χ1v) is 28.3. The maximum Gasteiger partial charge on any atom is 0.0727 e. The summed E-state index contributed by atoms with van der Waals surface area (Å²) in [4.78, 5) is 5.02. The standard InChI is InChI=1S/C76H52N2S/c1-75(2)64-30-16-12-26-58(64)61-44-42-56(46-67(61)75)77(54-38-34-51(35-39-54)49-20-6-3-7-21-49)57-43-45-62-68(47-57)76(65-31-17-13-27-59(65)60-28-14-18-32-66(60)76)69-48-70(74-73(72(62)69)63-29-15-19-33-71(63)79-74)78(53-24-10-5-11-25-53)55-40-36-52(37-41-55)50-22-8-4-9-23-50/h3-48H,1-2H3. The van der Waals surface area contributed by atoms with Gasteiger partial charge in [-0.3, -0.25) is 0 Å². The van der Waals surface area contributed by atoms with Crippen molar-refractivity contribution in [2.45, 2.75) is 24.7 Å². The van der Waals surface area contributed by atoms with Crippen molar-refractivity contribution in [3.8, 4) is 55.6 Å². The van der Waals surface area contributed by atoms with Gasteiger partial charge in [0.2, 0.25) is 0 Å². The van der Waals surface area contributed by atoms with Crippen molar-refractivity contribution >= 4 is 65.6 Å². The van der Waals surface area contributed by atoms with Crippen LogP contribution in [0, 0.1) is 0 Å². The van der Waals surface area contributed by atoms with E-state index in [1.807, 2.05) is 11.3 Å². The number of benzene rings is 12. The molecular formula is C76H52N2S. The predicted octanol–water partition coefficient (Wildman–Crippen LogP) is 21.0. The highest BCUT2D eigenvalue weighted by molar-refractivity contribution is 7.26. The molecule has 0 bridgehead atoms. The van der Waals surface area contributed by atoms with Gasteiger partial charge in [-0.2, -0.15) is 0 Å². The van der Waals surface area contributed by atoms with Crippen molar-refractivity contribution in [1.29, 1.82) is 0 Å². The number of hydrogen-bond acceptors (Lipinski definition) is 3. The van der Waals surface area contributed by atoms with Crippen LogP contribution < -0.4 is 9.80 Å². The first-order valence-electron chi connectivity index (χ1n) is 27.5. The Morgan fingerprint density at radius 3 is 1.34 bits per heavy atom. The lowest BCUT2D eigenvalue weighted by molar-refractivity contribution is 0.660. The fourth-order valence-electron chi connectivity index (χ4n) is 13.9. The molecule has 0 amide bonds. The molecule has 12 aromatic carbocycles. The quantitative estimate of drug-likeness (QED) is 0.150. The zero-order valence-corrected chi connectivity index (χ0v) is 44.7. The maximum atomic E-state index is 2.59. The van der Waals surface area contributed by atoms with Crippen LogP contribution in [0.3, 0.4) is 0 Å². The molecule has 3 aliphatic rings. The molecule has 0 N–H and O–H groups in total. The van der Waals surface area contributed by atoms with Gasteiger partial charge in [-0.05, 0) is 162 Å². The maximum absolute atomic E-state index is 2.59. The Hall–Kier alpha value is -9.54. The summed E-state index contributed by atoms with van der Waals surface area (Å²) < 4.78 is 2.54. The molecule has 13 aromatic rings. The Morgan fingerprint density at radius 2 is 0.734 bits per heavy atom. The van der Waals surface area contributed by atoms with Gasteiger partial charge in [-0.15, -0.1) is 11.3 Å². The van der Waals surface area contributed by atoms with E-state index in [-0.39, 0.29) is 5.41 Å². The molecule has 1 heterocycles. The summed E-state index contributed by atoms with van der Waals surface area (Å²) in [5.41, 5.74) is 26.4. The summed E-state index contributed by atoms with van der Waals surface area (Å²) >= 11 is 1.91. The molecule has 0 saturated carbocycles. The fourth-order valence-corrected chi connectivity index (χ4v) is 15.2. The van der Waals surface area contributed by atoms with E-state index >= 15 is 0 Å². The number of fused-ring (bicyclic) bond motifs is 17. The Labute approximate surface area is 465 Å². The largest absolute Gasteiger partial charge is 0.310 e. The van der Waals surface area contributed by atoms with Crippen LogP contribution in [0.2, 0.25) is 0 Å². The summed E-state index contributed by atoms with van der Waals surface area (Å²) in [6.45, 7) is 4.77. The van der Waals surface area contributed by atoms with Crippen LogP contribution in [0.4, 0.5) is 34.1 Å². The van der Waals surface area contributed by atoms with Gasteiger partial charge in [-0.1, -0.05) is 220 Å². The van der Waals surface area contributed by atoms with E-state index in [0.29, 0.717) is 0 Å². The molecule has 2 nitrogen and oxygen atoms in total. The molecule has 1 aromatic heterocycles. The normalized spacial score (nSPS) is 13.6. The Kier molecular flexibility index (Phi) is 10.1.